The first-order chi connectivity index (χ1) is 18.2. The van der Waals surface area contributed by atoms with Crippen LogP contribution in [0.15, 0.2) is 69.1 Å². The number of nitrogens with one attached hydrogen (secondary N) is 1. The molecule has 3 heterocycles. The van der Waals surface area contributed by atoms with Crippen LogP contribution in [0.2, 0.25) is 5.02 Å². The van der Waals surface area contributed by atoms with Crippen LogP contribution in [0, 0.1) is 0 Å². The predicted octanol–water partition coefficient (Wildman–Crippen LogP) is 3.27. The summed E-state index contributed by atoms with van der Waals surface area (Å²) in [6, 6.07) is 16.1. The highest BCUT2D eigenvalue weighted by atomic mass is 35.5. The number of hydrogen-bond acceptors (Lipinski definition) is 5. The van der Waals surface area contributed by atoms with Crippen molar-refractivity contribution in [3.05, 3.63) is 86.0 Å². The van der Waals surface area contributed by atoms with E-state index in [2.05, 4.69) is 9.88 Å². The molecular formula is C27H30ClN5O4S. The molecular weight excluding hydrogens is 526 g/mol. The fourth-order valence-corrected chi connectivity index (χ4v) is 6.57. The van der Waals surface area contributed by atoms with Gasteiger partial charge in [0.05, 0.1) is 10.4 Å². The largest absolute Gasteiger partial charge is 0.349 e. The van der Waals surface area contributed by atoms with Crippen molar-refractivity contribution in [2.45, 2.75) is 31.3 Å². The molecule has 200 valence electrons. The van der Waals surface area contributed by atoms with E-state index >= 15 is 0 Å². The van der Waals surface area contributed by atoms with Gasteiger partial charge in [-0.3, -0.25) is 18.8 Å². The van der Waals surface area contributed by atoms with E-state index in [9.17, 15) is 18.0 Å². The highest BCUT2D eigenvalue weighted by Crippen LogP contribution is 2.25. The summed E-state index contributed by atoms with van der Waals surface area (Å²) in [7, 11) is -2.01. The van der Waals surface area contributed by atoms with Crippen molar-refractivity contribution in [1.29, 1.82) is 0 Å². The van der Waals surface area contributed by atoms with Crippen molar-refractivity contribution in [1.82, 2.24) is 23.3 Å². The van der Waals surface area contributed by atoms with Gasteiger partial charge in [0.25, 0.3) is 5.56 Å². The van der Waals surface area contributed by atoms with Crippen molar-refractivity contribution in [2.75, 3.05) is 26.2 Å². The molecule has 0 amide bonds. The Balaban J connectivity index is 1.33. The Hall–Kier alpha value is -3.18. The van der Waals surface area contributed by atoms with E-state index in [-0.39, 0.29) is 16.1 Å². The molecule has 0 bridgehead atoms. The van der Waals surface area contributed by atoms with Crippen LogP contribution in [-0.2, 0) is 30.2 Å². The topological polar surface area (TPSA) is 100 Å². The van der Waals surface area contributed by atoms with E-state index in [1.807, 2.05) is 31.2 Å². The first-order valence-electron chi connectivity index (χ1n) is 12.6. The molecule has 5 rings (SSSR count). The number of fused-ring (bicyclic) bond motifs is 1. The monoisotopic (exact) mass is 555 g/mol. The molecule has 1 aliphatic rings. The van der Waals surface area contributed by atoms with Gasteiger partial charge < -0.3 is 4.98 Å². The summed E-state index contributed by atoms with van der Waals surface area (Å²) in [6.07, 6.45) is 0.668. The standard InChI is InChI=1S/C27H30ClN5O4S/c1-3-11-33-26(34)25-24(30(2)27(33)35)17-23(29-25)20-7-9-22(10-8-20)38(36,37)32-14-12-31(13-15-32)18-19-5-4-6-21(28)16-19/h4-10,16-17,29H,3,11-15,18H2,1-2H3. The number of aryl methyl sites for hydroxylation is 1. The van der Waals surface area contributed by atoms with Gasteiger partial charge in [0.15, 0.2) is 0 Å². The molecule has 1 saturated heterocycles. The highest BCUT2D eigenvalue weighted by molar-refractivity contribution is 7.89. The van der Waals surface area contributed by atoms with Gasteiger partial charge in [-0.2, -0.15) is 4.31 Å². The van der Waals surface area contributed by atoms with Gasteiger partial charge in [-0.15, -0.1) is 0 Å². The Morgan fingerprint density at radius 2 is 1.68 bits per heavy atom. The number of hydrogen-bond donors (Lipinski definition) is 1. The molecule has 38 heavy (non-hydrogen) atoms. The van der Waals surface area contributed by atoms with Gasteiger partial charge in [-0.05, 0) is 47.9 Å². The summed E-state index contributed by atoms with van der Waals surface area (Å²) >= 11 is 6.09. The van der Waals surface area contributed by atoms with E-state index in [0.29, 0.717) is 60.9 Å². The van der Waals surface area contributed by atoms with Gasteiger partial charge >= 0.3 is 5.69 Å². The third-order valence-corrected chi connectivity index (χ3v) is 9.16. The number of aromatic nitrogens is 3. The van der Waals surface area contributed by atoms with Crippen molar-refractivity contribution < 1.29 is 8.42 Å². The summed E-state index contributed by atoms with van der Waals surface area (Å²) in [6.45, 7) is 5.06. The molecule has 0 atom stereocenters. The second-order valence-corrected chi connectivity index (χ2v) is 12.0. The summed E-state index contributed by atoms with van der Waals surface area (Å²) in [5, 5.41) is 0.692. The molecule has 9 nitrogen and oxygen atoms in total. The Kier molecular flexibility index (Phi) is 7.32. The average Bonchev–Trinajstić information content (AvgIpc) is 3.36. The van der Waals surface area contributed by atoms with Gasteiger partial charge in [-0.1, -0.05) is 42.8 Å². The number of H-pyrrole nitrogens is 1. The minimum absolute atomic E-state index is 0.221. The zero-order chi connectivity index (χ0) is 27.0. The van der Waals surface area contributed by atoms with Crippen molar-refractivity contribution in [2.24, 2.45) is 7.05 Å². The Labute approximate surface area is 225 Å². The van der Waals surface area contributed by atoms with Crippen LogP contribution < -0.4 is 11.2 Å². The second-order valence-electron chi connectivity index (χ2n) is 9.58. The number of benzene rings is 2. The third-order valence-electron chi connectivity index (χ3n) is 7.01. The Morgan fingerprint density at radius 1 is 0.974 bits per heavy atom. The van der Waals surface area contributed by atoms with E-state index < -0.39 is 10.0 Å². The first kappa shape index (κ1) is 26.4. The van der Waals surface area contributed by atoms with Crippen molar-refractivity contribution in [3.63, 3.8) is 0 Å². The molecule has 4 aromatic rings. The fraction of sp³-hybridized carbons (Fsp3) is 0.333. The lowest BCUT2D eigenvalue weighted by Gasteiger charge is -2.34. The maximum Gasteiger partial charge on any atom is 0.331 e. The lowest BCUT2D eigenvalue weighted by atomic mass is 10.1. The fourth-order valence-electron chi connectivity index (χ4n) is 4.93. The zero-order valence-electron chi connectivity index (χ0n) is 21.4. The number of nitrogens with zero attached hydrogens (tertiary/aromatic N) is 4. The van der Waals surface area contributed by atoms with Crippen molar-refractivity contribution >= 4 is 32.7 Å². The Bertz CT molecular complexity index is 1700. The predicted molar refractivity (Wildman–Crippen MR) is 149 cm³/mol. The van der Waals surface area contributed by atoms with Crippen LogP contribution in [0.1, 0.15) is 18.9 Å². The average molecular weight is 556 g/mol. The van der Waals surface area contributed by atoms with E-state index in [4.69, 9.17) is 11.6 Å². The molecule has 1 N–H and O–H groups in total. The molecule has 0 aliphatic carbocycles. The summed E-state index contributed by atoms with van der Waals surface area (Å²) in [5.41, 5.74) is 2.61. The normalized spacial score (nSPS) is 15.3. The minimum atomic E-state index is -3.64. The molecule has 0 unspecified atom stereocenters. The molecule has 1 fully saturated rings. The summed E-state index contributed by atoms with van der Waals surface area (Å²) in [5.74, 6) is 0. The van der Waals surface area contributed by atoms with Gasteiger partial charge in [0.2, 0.25) is 10.0 Å². The summed E-state index contributed by atoms with van der Waals surface area (Å²) in [4.78, 5) is 31.0. The Morgan fingerprint density at radius 3 is 2.34 bits per heavy atom. The number of piperazine rings is 1. The van der Waals surface area contributed by atoms with E-state index in [1.54, 1.807) is 37.4 Å². The summed E-state index contributed by atoms with van der Waals surface area (Å²) < 4.78 is 30.8. The van der Waals surface area contributed by atoms with Crippen LogP contribution in [-0.4, -0.2) is 57.9 Å². The van der Waals surface area contributed by atoms with Crippen LogP contribution in [0.4, 0.5) is 0 Å². The maximum absolute atomic E-state index is 13.3. The number of aromatic amines is 1. The zero-order valence-corrected chi connectivity index (χ0v) is 22.9. The number of sulfonamides is 1. The van der Waals surface area contributed by atoms with E-state index in [1.165, 1.54) is 13.4 Å². The highest BCUT2D eigenvalue weighted by Gasteiger charge is 2.28. The number of halogens is 1. The maximum atomic E-state index is 13.3. The molecule has 0 radical (unpaired) electrons. The van der Waals surface area contributed by atoms with Crippen LogP contribution in [0.5, 0.6) is 0 Å². The molecule has 2 aromatic carbocycles. The van der Waals surface area contributed by atoms with Crippen LogP contribution in [0.25, 0.3) is 22.3 Å². The van der Waals surface area contributed by atoms with Crippen molar-refractivity contribution in [3.8, 4) is 11.3 Å². The van der Waals surface area contributed by atoms with Gasteiger partial charge in [0.1, 0.15) is 5.52 Å². The van der Waals surface area contributed by atoms with E-state index in [0.717, 1.165) is 17.7 Å². The smallest absolute Gasteiger partial charge is 0.331 e. The molecule has 0 spiro atoms. The SMILES string of the molecule is CCCn1c(=O)c2[nH]c(-c3ccc(S(=O)(=O)N4CCN(Cc5cccc(Cl)c5)CC4)cc3)cc2n(C)c1=O. The number of rotatable bonds is 7. The van der Waals surface area contributed by atoms with Gasteiger partial charge in [-0.25, -0.2) is 13.2 Å². The minimum Gasteiger partial charge on any atom is -0.349 e. The molecule has 0 saturated carbocycles. The third kappa shape index (κ3) is 4.96. The lowest BCUT2D eigenvalue weighted by molar-refractivity contribution is 0.181. The quantitative estimate of drug-likeness (QED) is 0.377. The molecule has 1 aliphatic heterocycles. The van der Waals surface area contributed by atoms with Crippen LogP contribution in [0.3, 0.4) is 0 Å². The second kappa shape index (κ2) is 10.5. The first-order valence-corrected chi connectivity index (χ1v) is 14.4. The lowest BCUT2D eigenvalue weighted by Crippen LogP contribution is -2.48. The van der Waals surface area contributed by atoms with Gasteiger partial charge in [0, 0.05) is 57.0 Å². The van der Waals surface area contributed by atoms with Crippen LogP contribution >= 0.6 is 11.6 Å². The molecule has 2 aromatic heterocycles. The molecule has 11 heteroatoms.